The van der Waals surface area contributed by atoms with E-state index in [1.807, 2.05) is 11.9 Å². The minimum Gasteiger partial charge on any atom is -0.481 e. The Bertz CT molecular complexity index is 1100. The van der Waals surface area contributed by atoms with Crippen LogP contribution in [-0.4, -0.2) is 80.2 Å². The predicted octanol–water partition coefficient (Wildman–Crippen LogP) is 3.32. The summed E-state index contributed by atoms with van der Waals surface area (Å²) in [5.74, 6) is -2.95. The molecule has 2 N–H and O–H groups in total. The Hall–Kier alpha value is -2.50. The molecule has 13 heteroatoms. The molecule has 0 saturated carbocycles. The summed E-state index contributed by atoms with van der Waals surface area (Å²) in [7, 11) is -2.30. The van der Waals surface area contributed by atoms with Crippen molar-refractivity contribution in [2.45, 2.75) is 53.2 Å². The van der Waals surface area contributed by atoms with Crippen molar-refractivity contribution in [2.75, 3.05) is 40.1 Å². The maximum Gasteiger partial charge on any atom is 0.462 e. The Morgan fingerprint density at radius 2 is 1.75 bits per heavy atom. The zero-order chi connectivity index (χ0) is 29.7. The summed E-state index contributed by atoms with van der Waals surface area (Å²) in [6, 6.07) is 7.18. The van der Waals surface area contributed by atoms with E-state index < -0.39 is 61.2 Å². The van der Waals surface area contributed by atoms with Crippen LogP contribution in [0.3, 0.4) is 0 Å². The summed E-state index contributed by atoms with van der Waals surface area (Å²) < 4.78 is 41.2. The lowest BCUT2D eigenvalue weighted by atomic mass is 9.64. The molecule has 2 heterocycles. The number of likely N-dealkylation sites (N-methyl/N-ethyl adjacent to an activating group) is 1. The highest BCUT2D eigenvalue weighted by Crippen LogP contribution is 2.47. The summed E-state index contributed by atoms with van der Waals surface area (Å²) in [5, 5.41) is 12.3. The van der Waals surface area contributed by atoms with E-state index in [-0.39, 0.29) is 25.1 Å². The number of carbonyl (C=O) groups excluding carboxylic acids is 2. The third-order valence-electron chi connectivity index (χ3n) is 7.73. The molecule has 0 aliphatic carbocycles. The number of nitrogens with zero attached hydrogens (tertiary/aromatic N) is 1. The zero-order valence-corrected chi connectivity index (χ0v) is 24.8. The molecule has 0 spiro atoms. The Kier molecular flexibility index (Phi) is 10.4. The number of hydrogen-bond donors (Lipinski definition) is 2. The van der Waals surface area contributed by atoms with Gasteiger partial charge in [-0.05, 0) is 60.2 Å². The first-order valence-electron chi connectivity index (χ1n) is 13.3. The molecule has 1 aromatic rings. The van der Waals surface area contributed by atoms with Crippen molar-refractivity contribution in [3.05, 3.63) is 30.3 Å². The molecule has 2 aliphatic rings. The molecule has 0 radical (unpaired) electrons. The minimum atomic E-state index is -4.23. The van der Waals surface area contributed by atoms with Crippen LogP contribution in [0.25, 0.3) is 0 Å². The van der Waals surface area contributed by atoms with Crippen molar-refractivity contribution in [3.8, 4) is 5.75 Å². The van der Waals surface area contributed by atoms with Gasteiger partial charge in [0.1, 0.15) is 17.9 Å². The van der Waals surface area contributed by atoms with E-state index in [4.69, 9.17) is 23.3 Å². The van der Waals surface area contributed by atoms with Gasteiger partial charge in [0, 0.05) is 24.9 Å². The molecule has 2 fully saturated rings. The summed E-state index contributed by atoms with van der Waals surface area (Å²) in [4.78, 5) is 39.7. The van der Waals surface area contributed by atoms with Gasteiger partial charge in [0.15, 0.2) is 0 Å². The average Bonchev–Trinajstić information content (AvgIpc) is 3.54. The highest BCUT2D eigenvalue weighted by molar-refractivity contribution is 7.52. The molecule has 0 amide bonds. The first kappa shape index (κ1) is 32.0. The number of rotatable bonds is 13. The van der Waals surface area contributed by atoms with Crippen LogP contribution in [0.1, 0.15) is 41.0 Å². The van der Waals surface area contributed by atoms with Gasteiger partial charge in [-0.2, -0.15) is 5.09 Å². The lowest BCUT2D eigenvalue weighted by Crippen LogP contribution is -2.45. The second kappa shape index (κ2) is 13.0. The number of nitrogens with one attached hydrogen (secondary N) is 1. The Labute approximate surface area is 235 Å². The molecule has 1 aromatic carbocycles. The first-order valence-corrected chi connectivity index (χ1v) is 14.8. The molecular formula is C27H41N2O10P. The first-order chi connectivity index (χ1) is 18.7. The molecule has 0 bridgehead atoms. The molecule has 12 nitrogen and oxygen atoms in total. The fourth-order valence-corrected chi connectivity index (χ4v) is 6.23. The number of hydrogen-bond acceptors (Lipinski definition) is 10. The van der Waals surface area contributed by atoms with E-state index in [1.54, 1.807) is 58.0 Å². The van der Waals surface area contributed by atoms with E-state index in [2.05, 4.69) is 5.09 Å². The van der Waals surface area contributed by atoms with Gasteiger partial charge in [0.05, 0.1) is 24.0 Å². The number of carboxylic acid groups (broad SMARTS) is 1. The fraction of sp³-hybridized carbons (Fsp3) is 0.667. The molecule has 5 atom stereocenters. The standard InChI is InChI=1S/C27H41N2O10P/c1-18(23(30)38-20-12-13-29(6)14-20)28-40(34,39-19-10-8-7-9-11-19)37-17-36-25(33)27(4,5)22-16-35-15-21(22)26(2,3)24(31)32/h7-11,18,20-22H,12-17H2,1-6H3,(H,28,34)(H,31,32)/t18-,20+,21?,22?,40?/m0/s1. The maximum absolute atomic E-state index is 13.7. The van der Waals surface area contributed by atoms with Crippen LogP contribution >= 0.6 is 7.75 Å². The van der Waals surface area contributed by atoms with Crippen LogP contribution in [0.5, 0.6) is 5.75 Å². The lowest BCUT2D eigenvalue weighted by molar-refractivity contribution is -0.168. The number of benzene rings is 1. The highest BCUT2D eigenvalue weighted by atomic mass is 31.2. The monoisotopic (exact) mass is 584 g/mol. The number of para-hydroxylation sites is 1. The van der Waals surface area contributed by atoms with E-state index in [0.717, 1.165) is 6.54 Å². The zero-order valence-electron chi connectivity index (χ0n) is 24.0. The normalized spacial score (nSPS) is 24.2. The van der Waals surface area contributed by atoms with Crippen LogP contribution in [-0.2, 0) is 37.7 Å². The number of aliphatic carboxylic acids is 1. The molecule has 0 aromatic heterocycles. The average molecular weight is 585 g/mol. The van der Waals surface area contributed by atoms with Gasteiger partial charge < -0.3 is 28.7 Å². The smallest absolute Gasteiger partial charge is 0.462 e. The van der Waals surface area contributed by atoms with Crippen molar-refractivity contribution in [2.24, 2.45) is 22.7 Å². The van der Waals surface area contributed by atoms with Crippen LogP contribution in [0.15, 0.2) is 30.3 Å². The van der Waals surface area contributed by atoms with E-state index in [0.29, 0.717) is 13.0 Å². The predicted molar refractivity (Wildman–Crippen MR) is 144 cm³/mol. The Morgan fingerprint density at radius 1 is 1.12 bits per heavy atom. The molecule has 3 rings (SSSR count). The fourth-order valence-electron chi connectivity index (χ4n) is 4.88. The number of carbonyl (C=O) groups is 3. The summed E-state index contributed by atoms with van der Waals surface area (Å²) >= 11 is 0. The summed E-state index contributed by atoms with van der Waals surface area (Å²) in [6.07, 6.45) is 0.432. The van der Waals surface area contributed by atoms with Crippen LogP contribution in [0, 0.1) is 22.7 Å². The molecule has 2 aliphatic heterocycles. The van der Waals surface area contributed by atoms with E-state index >= 15 is 0 Å². The number of likely N-dealkylation sites (tertiary alicyclic amines) is 1. The van der Waals surface area contributed by atoms with Gasteiger partial charge in [-0.1, -0.05) is 18.2 Å². The van der Waals surface area contributed by atoms with Gasteiger partial charge in [0.2, 0.25) is 6.79 Å². The maximum atomic E-state index is 13.7. The summed E-state index contributed by atoms with van der Waals surface area (Å²) in [5.41, 5.74) is -2.27. The van der Waals surface area contributed by atoms with Crippen molar-refractivity contribution in [1.29, 1.82) is 0 Å². The largest absolute Gasteiger partial charge is 0.481 e. The van der Waals surface area contributed by atoms with Crippen LogP contribution in [0.2, 0.25) is 0 Å². The molecule has 40 heavy (non-hydrogen) atoms. The van der Waals surface area contributed by atoms with Crippen molar-refractivity contribution < 1.29 is 47.3 Å². The van der Waals surface area contributed by atoms with Gasteiger partial charge in [-0.15, -0.1) is 0 Å². The quantitative estimate of drug-likeness (QED) is 0.199. The van der Waals surface area contributed by atoms with Gasteiger partial charge in [-0.25, -0.2) is 9.09 Å². The third kappa shape index (κ3) is 7.82. The van der Waals surface area contributed by atoms with Gasteiger partial charge >= 0.3 is 25.7 Å². The Morgan fingerprint density at radius 3 is 2.33 bits per heavy atom. The third-order valence-corrected chi connectivity index (χ3v) is 9.33. The second-order valence-electron chi connectivity index (χ2n) is 11.5. The highest BCUT2D eigenvalue weighted by Gasteiger charge is 2.53. The van der Waals surface area contributed by atoms with E-state index in [9.17, 15) is 24.1 Å². The van der Waals surface area contributed by atoms with Crippen molar-refractivity contribution in [3.63, 3.8) is 0 Å². The molecule has 224 valence electrons. The van der Waals surface area contributed by atoms with Crippen molar-refractivity contribution in [1.82, 2.24) is 9.99 Å². The van der Waals surface area contributed by atoms with Crippen LogP contribution < -0.4 is 9.61 Å². The lowest BCUT2D eigenvalue weighted by Gasteiger charge is -2.37. The minimum absolute atomic E-state index is 0.192. The summed E-state index contributed by atoms with van der Waals surface area (Å²) in [6.45, 7) is 9.05. The number of esters is 2. The number of ether oxygens (including phenoxy) is 3. The van der Waals surface area contributed by atoms with Crippen LogP contribution in [0.4, 0.5) is 0 Å². The number of carboxylic acids is 1. The molecule has 3 unspecified atom stereocenters. The SMILES string of the molecule is C[C@H](NP(=O)(OCOC(=O)C(C)(C)C1COCC1C(C)(C)C(=O)O)Oc1ccccc1)C(=O)O[C@@H]1CCN(C)C1. The van der Waals surface area contributed by atoms with Gasteiger partial charge in [0.25, 0.3) is 0 Å². The molecular weight excluding hydrogens is 543 g/mol. The van der Waals surface area contributed by atoms with E-state index in [1.165, 1.54) is 6.92 Å². The second-order valence-corrected chi connectivity index (χ2v) is 13.2. The topological polar surface area (TPSA) is 150 Å². The Balaban J connectivity index is 1.66. The van der Waals surface area contributed by atoms with Gasteiger partial charge in [-0.3, -0.25) is 14.4 Å². The van der Waals surface area contributed by atoms with Crippen molar-refractivity contribution >= 4 is 25.7 Å². The molecule has 2 saturated heterocycles.